The van der Waals surface area contributed by atoms with Crippen LogP contribution in [-0.2, 0) is 14.4 Å². The normalized spacial score (nSPS) is 9.65. The molecule has 3 amide bonds. The van der Waals surface area contributed by atoms with Gasteiger partial charge in [-0.3, -0.25) is 14.4 Å². The fourth-order valence-corrected chi connectivity index (χ4v) is 1.06. The molecule has 0 fully saturated rings. The molecule has 0 bridgehead atoms. The summed E-state index contributed by atoms with van der Waals surface area (Å²) in [6, 6.07) is 0. The average Bonchev–Trinajstić information content (AvgIpc) is 2.25. The highest BCUT2D eigenvalue weighted by Crippen LogP contribution is 1.90. The molecule has 0 spiro atoms. The van der Waals surface area contributed by atoms with E-state index in [0.717, 1.165) is 6.42 Å². The Balaban J connectivity index is 4.05. The zero-order valence-corrected chi connectivity index (χ0v) is 10.9. The van der Waals surface area contributed by atoms with Gasteiger partial charge >= 0.3 is 0 Å². The molecule has 0 unspecified atom stereocenters. The van der Waals surface area contributed by atoms with Crippen molar-refractivity contribution in [3.63, 3.8) is 0 Å². The second-order valence-corrected chi connectivity index (χ2v) is 3.97. The first-order chi connectivity index (χ1) is 7.88. The molecule has 0 radical (unpaired) electrons. The maximum atomic E-state index is 11.6. The summed E-state index contributed by atoms with van der Waals surface area (Å²) in [5.74, 6) is -0.621. The molecule has 0 rings (SSSR count). The summed E-state index contributed by atoms with van der Waals surface area (Å²) in [7, 11) is 3.09. The van der Waals surface area contributed by atoms with E-state index in [4.69, 9.17) is 0 Å². The van der Waals surface area contributed by atoms with Crippen LogP contribution in [0, 0.1) is 0 Å². The van der Waals surface area contributed by atoms with Gasteiger partial charge in [-0.25, -0.2) is 0 Å². The van der Waals surface area contributed by atoms with E-state index in [1.165, 1.54) is 16.7 Å². The number of nitrogens with one attached hydrogen (secondary N) is 1. The Morgan fingerprint density at radius 3 is 2.12 bits per heavy atom. The number of hydrogen-bond donors (Lipinski definition) is 1. The van der Waals surface area contributed by atoms with Crippen molar-refractivity contribution in [2.75, 3.05) is 33.7 Å². The van der Waals surface area contributed by atoms with Crippen molar-refractivity contribution in [2.24, 2.45) is 0 Å². The highest BCUT2D eigenvalue weighted by Gasteiger charge is 2.15. The maximum Gasteiger partial charge on any atom is 0.242 e. The quantitative estimate of drug-likeness (QED) is 0.680. The monoisotopic (exact) mass is 243 g/mol. The lowest BCUT2D eigenvalue weighted by atomic mass is 10.4. The SMILES string of the molecule is CCCNC(=O)CN(C)C(=O)CN(C)C(C)=O. The third-order valence-corrected chi connectivity index (χ3v) is 2.29. The van der Waals surface area contributed by atoms with Crippen molar-refractivity contribution in [3.8, 4) is 0 Å². The Hall–Kier alpha value is -1.59. The summed E-state index contributed by atoms with van der Waals surface area (Å²) in [5.41, 5.74) is 0. The molecular weight excluding hydrogens is 222 g/mol. The number of carbonyl (C=O) groups excluding carboxylic acids is 3. The summed E-state index contributed by atoms with van der Waals surface area (Å²) in [6.07, 6.45) is 0.858. The van der Waals surface area contributed by atoms with Crippen LogP contribution in [0.1, 0.15) is 20.3 Å². The van der Waals surface area contributed by atoms with E-state index in [1.54, 1.807) is 14.1 Å². The van der Waals surface area contributed by atoms with E-state index < -0.39 is 0 Å². The van der Waals surface area contributed by atoms with Crippen LogP contribution in [0.4, 0.5) is 0 Å². The fourth-order valence-electron chi connectivity index (χ4n) is 1.06. The minimum absolute atomic E-state index is 0.00705. The van der Waals surface area contributed by atoms with Gasteiger partial charge < -0.3 is 15.1 Å². The Morgan fingerprint density at radius 1 is 1.06 bits per heavy atom. The van der Waals surface area contributed by atoms with Crippen LogP contribution in [0.3, 0.4) is 0 Å². The van der Waals surface area contributed by atoms with Crippen LogP contribution >= 0.6 is 0 Å². The molecule has 0 saturated heterocycles. The highest BCUT2D eigenvalue weighted by atomic mass is 16.2. The molecule has 6 heteroatoms. The molecule has 0 aromatic rings. The van der Waals surface area contributed by atoms with Gasteiger partial charge in [-0.15, -0.1) is 0 Å². The van der Waals surface area contributed by atoms with E-state index in [1.807, 2.05) is 6.92 Å². The minimum Gasteiger partial charge on any atom is -0.355 e. The Kier molecular flexibility index (Phi) is 6.93. The number of amides is 3. The molecule has 17 heavy (non-hydrogen) atoms. The summed E-state index contributed by atoms with van der Waals surface area (Å²) in [5, 5.41) is 2.68. The summed E-state index contributed by atoms with van der Waals surface area (Å²) < 4.78 is 0. The van der Waals surface area contributed by atoms with Crippen LogP contribution < -0.4 is 5.32 Å². The lowest BCUT2D eigenvalue weighted by molar-refractivity contribution is -0.139. The van der Waals surface area contributed by atoms with Gasteiger partial charge in [0.15, 0.2) is 0 Å². The van der Waals surface area contributed by atoms with Gasteiger partial charge in [-0.1, -0.05) is 6.92 Å². The van der Waals surface area contributed by atoms with Gasteiger partial charge in [0.2, 0.25) is 17.7 Å². The molecule has 0 aromatic heterocycles. The third kappa shape index (κ3) is 6.55. The first kappa shape index (κ1) is 15.4. The molecular formula is C11H21N3O3. The molecule has 0 atom stereocenters. The van der Waals surface area contributed by atoms with E-state index >= 15 is 0 Å². The zero-order chi connectivity index (χ0) is 13.4. The van der Waals surface area contributed by atoms with E-state index in [2.05, 4.69) is 5.32 Å². The minimum atomic E-state index is -0.255. The van der Waals surface area contributed by atoms with Gasteiger partial charge in [0.25, 0.3) is 0 Å². The smallest absolute Gasteiger partial charge is 0.242 e. The van der Waals surface area contributed by atoms with Crippen molar-refractivity contribution in [3.05, 3.63) is 0 Å². The Bertz CT molecular complexity index is 292. The zero-order valence-electron chi connectivity index (χ0n) is 10.9. The van der Waals surface area contributed by atoms with Crippen molar-refractivity contribution in [1.82, 2.24) is 15.1 Å². The van der Waals surface area contributed by atoms with Gasteiger partial charge in [0, 0.05) is 27.6 Å². The van der Waals surface area contributed by atoms with Crippen LogP contribution in [0.2, 0.25) is 0 Å². The van der Waals surface area contributed by atoms with Crippen molar-refractivity contribution >= 4 is 17.7 Å². The molecule has 1 N–H and O–H groups in total. The van der Waals surface area contributed by atoms with Crippen LogP contribution in [0.15, 0.2) is 0 Å². The fraction of sp³-hybridized carbons (Fsp3) is 0.727. The molecule has 98 valence electrons. The molecule has 0 heterocycles. The highest BCUT2D eigenvalue weighted by molar-refractivity contribution is 5.87. The molecule has 0 aliphatic rings. The summed E-state index contributed by atoms with van der Waals surface area (Å²) in [6.45, 7) is 3.96. The van der Waals surface area contributed by atoms with Crippen LogP contribution in [-0.4, -0.2) is 61.3 Å². The van der Waals surface area contributed by atoms with E-state index in [9.17, 15) is 14.4 Å². The third-order valence-electron chi connectivity index (χ3n) is 2.29. The number of rotatable bonds is 6. The predicted molar refractivity (Wildman–Crippen MR) is 64.2 cm³/mol. The number of nitrogens with zero attached hydrogens (tertiary/aromatic N) is 2. The second-order valence-electron chi connectivity index (χ2n) is 3.97. The van der Waals surface area contributed by atoms with Gasteiger partial charge in [0.05, 0.1) is 13.1 Å². The standard InChI is InChI=1S/C11H21N3O3/c1-5-6-12-10(16)7-14(4)11(17)8-13(3)9(2)15/h5-8H2,1-4H3,(H,12,16). The molecule has 0 saturated carbocycles. The van der Waals surface area contributed by atoms with E-state index in [0.29, 0.717) is 6.54 Å². The van der Waals surface area contributed by atoms with Gasteiger partial charge in [-0.05, 0) is 6.42 Å². The largest absolute Gasteiger partial charge is 0.355 e. The second kappa shape index (κ2) is 7.65. The molecule has 0 aromatic carbocycles. The Labute approximate surface area is 102 Å². The Morgan fingerprint density at radius 2 is 1.65 bits per heavy atom. The topological polar surface area (TPSA) is 69.7 Å². The number of hydrogen-bond acceptors (Lipinski definition) is 3. The molecule has 6 nitrogen and oxygen atoms in total. The van der Waals surface area contributed by atoms with Crippen LogP contribution in [0.5, 0.6) is 0 Å². The van der Waals surface area contributed by atoms with Crippen molar-refractivity contribution < 1.29 is 14.4 Å². The number of likely N-dealkylation sites (N-methyl/N-ethyl adjacent to an activating group) is 2. The van der Waals surface area contributed by atoms with Crippen LogP contribution in [0.25, 0.3) is 0 Å². The summed E-state index contributed by atoms with van der Waals surface area (Å²) in [4.78, 5) is 36.5. The average molecular weight is 243 g/mol. The van der Waals surface area contributed by atoms with Crippen molar-refractivity contribution in [2.45, 2.75) is 20.3 Å². The van der Waals surface area contributed by atoms with E-state index in [-0.39, 0.29) is 30.8 Å². The summed E-state index contributed by atoms with van der Waals surface area (Å²) >= 11 is 0. The van der Waals surface area contributed by atoms with Crippen molar-refractivity contribution in [1.29, 1.82) is 0 Å². The molecule has 0 aliphatic heterocycles. The van der Waals surface area contributed by atoms with Gasteiger partial charge in [-0.2, -0.15) is 0 Å². The predicted octanol–water partition coefficient (Wildman–Crippen LogP) is -0.551. The molecule has 0 aliphatic carbocycles. The first-order valence-corrected chi connectivity index (χ1v) is 5.60. The first-order valence-electron chi connectivity index (χ1n) is 5.60. The van der Waals surface area contributed by atoms with Gasteiger partial charge in [0.1, 0.15) is 0 Å². The number of carbonyl (C=O) groups is 3. The lowest BCUT2D eigenvalue weighted by Gasteiger charge is -2.20. The maximum absolute atomic E-state index is 11.6. The lowest BCUT2D eigenvalue weighted by Crippen LogP contribution is -2.43.